The molecule has 0 rings (SSSR count). The highest BCUT2D eigenvalue weighted by Crippen LogP contribution is 2.01. The summed E-state index contributed by atoms with van der Waals surface area (Å²) in [4.78, 5) is 59.1. The average Bonchev–Trinajstić information content (AvgIpc) is 2.66. The van der Waals surface area contributed by atoms with Gasteiger partial charge in [-0.3, -0.25) is 28.8 Å². The van der Waals surface area contributed by atoms with Crippen molar-refractivity contribution in [3.05, 3.63) is 0 Å². The van der Waals surface area contributed by atoms with Crippen LogP contribution in [0.2, 0.25) is 0 Å². The molecule has 0 unspecified atom stereocenters. The Labute approximate surface area is 189 Å². The van der Waals surface area contributed by atoms with Crippen LogP contribution >= 0.6 is 0 Å². The first-order valence-electron chi connectivity index (χ1n) is 9.25. The van der Waals surface area contributed by atoms with Gasteiger partial charge in [0.2, 0.25) is 5.91 Å². The number of nitrogens with two attached hydrogens (primary N) is 5. The number of carbonyl (C=O) groups excluding carboxylic acids is 1. The number of carbonyl (C=O) groups is 6. The van der Waals surface area contributed by atoms with Crippen LogP contribution in [0.4, 0.5) is 0 Å². The van der Waals surface area contributed by atoms with Crippen LogP contribution in [0, 0.1) is 5.92 Å². The molecule has 0 bridgehead atoms. The van der Waals surface area contributed by atoms with Gasteiger partial charge in [0.25, 0.3) is 0 Å². The standard InChI is InChI=1S/C6H13NO2.C5H10N2O3.C4H7NO4.C2H5NO2/c1-4(2)3-5(7)6(8)9;6-3(5(9)10)1-2-4(7)8;5-2(4(8)9)1-3(6)7;3-1-2(4)5/h4-5H,3,7H2,1-2H3,(H,8,9);3H,1-2,6H2,(H2,7,8)(H,9,10);2H,1,5H2,(H,6,7)(H,8,9);1,3H2,(H,4,5)/t5-;3-;2-;/m000./s1. The summed E-state index contributed by atoms with van der Waals surface area (Å²) in [7, 11) is 0. The lowest BCUT2D eigenvalue weighted by Gasteiger charge is -2.07. The smallest absolute Gasteiger partial charge is 0.321 e. The molecular formula is C17H35N5O11. The molecule has 0 fully saturated rings. The molecule has 16 heteroatoms. The fraction of sp³-hybridized carbons (Fsp3) is 0.647. The quantitative estimate of drug-likeness (QED) is 0.139. The summed E-state index contributed by atoms with van der Waals surface area (Å²) in [5.74, 6) is -5.66. The zero-order valence-corrected chi connectivity index (χ0v) is 18.4. The highest BCUT2D eigenvalue weighted by Gasteiger charge is 2.14. The van der Waals surface area contributed by atoms with Gasteiger partial charge in [0.1, 0.15) is 18.1 Å². The highest BCUT2D eigenvalue weighted by molar-refractivity contribution is 5.80. The van der Waals surface area contributed by atoms with E-state index in [2.05, 4.69) is 5.73 Å². The Balaban J connectivity index is -0.000000174. The predicted molar refractivity (Wildman–Crippen MR) is 114 cm³/mol. The second-order valence-electron chi connectivity index (χ2n) is 6.66. The van der Waals surface area contributed by atoms with Crippen molar-refractivity contribution in [3.8, 4) is 0 Å². The normalized spacial score (nSPS) is 12.1. The predicted octanol–water partition coefficient (Wildman–Crippen LogP) is -2.99. The van der Waals surface area contributed by atoms with Gasteiger partial charge in [-0.05, 0) is 18.8 Å². The van der Waals surface area contributed by atoms with E-state index in [1.165, 1.54) is 0 Å². The van der Waals surface area contributed by atoms with Gasteiger partial charge in [-0.2, -0.15) is 0 Å². The summed E-state index contributed by atoms with van der Waals surface area (Å²) in [6, 6.07) is -2.96. The molecular weight excluding hydrogens is 450 g/mol. The third kappa shape index (κ3) is 36.4. The van der Waals surface area contributed by atoms with Crippen LogP contribution in [0.15, 0.2) is 0 Å². The summed E-state index contributed by atoms with van der Waals surface area (Å²) < 4.78 is 0. The van der Waals surface area contributed by atoms with E-state index in [4.69, 9.17) is 48.5 Å². The molecule has 0 aliphatic carbocycles. The molecule has 0 aromatic heterocycles. The molecule has 0 radical (unpaired) electrons. The number of rotatable bonds is 11. The van der Waals surface area contributed by atoms with E-state index < -0.39 is 60.3 Å². The van der Waals surface area contributed by atoms with Crippen molar-refractivity contribution in [1.82, 2.24) is 0 Å². The minimum Gasteiger partial charge on any atom is -0.481 e. The van der Waals surface area contributed by atoms with E-state index in [0.29, 0.717) is 12.3 Å². The molecule has 0 spiro atoms. The van der Waals surface area contributed by atoms with Crippen molar-refractivity contribution in [2.75, 3.05) is 6.54 Å². The number of hydrogen-bond acceptors (Lipinski definition) is 10. The van der Waals surface area contributed by atoms with Crippen molar-refractivity contribution in [1.29, 1.82) is 0 Å². The van der Waals surface area contributed by atoms with E-state index in [1.54, 1.807) is 0 Å². The molecule has 33 heavy (non-hydrogen) atoms. The fourth-order valence-corrected chi connectivity index (χ4v) is 1.31. The van der Waals surface area contributed by atoms with Crippen molar-refractivity contribution < 1.29 is 54.3 Å². The number of primary amides is 1. The van der Waals surface area contributed by atoms with Crippen molar-refractivity contribution in [2.45, 2.75) is 57.7 Å². The van der Waals surface area contributed by atoms with Gasteiger partial charge < -0.3 is 54.2 Å². The average molecular weight is 485 g/mol. The molecule has 1 amide bonds. The molecule has 0 aromatic carbocycles. The van der Waals surface area contributed by atoms with Gasteiger partial charge >= 0.3 is 29.8 Å². The monoisotopic (exact) mass is 485 g/mol. The van der Waals surface area contributed by atoms with E-state index in [1.807, 2.05) is 13.8 Å². The zero-order valence-electron chi connectivity index (χ0n) is 18.4. The maximum atomic E-state index is 10.1. The second-order valence-corrected chi connectivity index (χ2v) is 6.66. The minimum absolute atomic E-state index is 0.0213. The van der Waals surface area contributed by atoms with Crippen molar-refractivity contribution in [3.63, 3.8) is 0 Å². The lowest BCUT2D eigenvalue weighted by atomic mass is 10.1. The SMILES string of the molecule is CC(C)C[C@H](N)C(=O)O.NC(=O)CC[C@H](N)C(=O)O.NCC(=O)O.N[C@@H](CC(=O)O)C(=O)O. The van der Waals surface area contributed by atoms with Crippen LogP contribution in [-0.2, 0) is 28.8 Å². The summed E-state index contributed by atoms with van der Waals surface area (Å²) in [6.07, 6.45) is 0.142. The van der Waals surface area contributed by atoms with Gasteiger partial charge in [-0.1, -0.05) is 13.8 Å². The maximum absolute atomic E-state index is 10.1. The van der Waals surface area contributed by atoms with E-state index in [9.17, 15) is 28.8 Å². The maximum Gasteiger partial charge on any atom is 0.321 e. The molecule has 0 aliphatic heterocycles. The van der Waals surface area contributed by atoms with Crippen LogP contribution < -0.4 is 28.7 Å². The van der Waals surface area contributed by atoms with Crippen molar-refractivity contribution >= 4 is 35.8 Å². The topological polar surface area (TPSA) is 334 Å². The Bertz CT molecular complexity index is 628. The lowest BCUT2D eigenvalue weighted by Crippen LogP contribution is -2.32. The molecule has 0 heterocycles. The number of hydrogen-bond donors (Lipinski definition) is 10. The second kappa shape index (κ2) is 21.9. The van der Waals surface area contributed by atoms with E-state index >= 15 is 0 Å². The molecule has 3 atom stereocenters. The summed E-state index contributed by atoms with van der Waals surface area (Å²) in [5, 5.41) is 40.2. The first kappa shape index (κ1) is 37.0. The first-order chi connectivity index (χ1) is 14.9. The highest BCUT2D eigenvalue weighted by atomic mass is 16.4. The van der Waals surface area contributed by atoms with Crippen LogP contribution in [0.25, 0.3) is 0 Å². The molecule has 0 saturated carbocycles. The molecule has 0 aliphatic rings. The van der Waals surface area contributed by atoms with Gasteiger partial charge in [0.05, 0.1) is 13.0 Å². The van der Waals surface area contributed by atoms with Crippen molar-refractivity contribution in [2.24, 2.45) is 34.6 Å². The van der Waals surface area contributed by atoms with Gasteiger partial charge in [0.15, 0.2) is 0 Å². The number of amides is 1. The molecule has 15 N–H and O–H groups in total. The number of carboxylic acids is 5. The van der Waals surface area contributed by atoms with E-state index in [-0.39, 0.29) is 19.4 Å². The minimum atomic E-state index is -1.29. The summed E-state index contributed by atoms with van der Waals surface area (Å²) in [5.41, 5.74) is 24.4. The van der Waals surface area contributed by atoms with Crippen LogP contribution in [-0.4, -0.2) is 86.0 Å². The van der Waals surface area contributed by atoms with Crippen LogP contribution in [0.3, 0.4) is 0 Å². The molecule has 194 valence electrons. The third-order valence-corrected chi connectivity index (χ3v) is 2.95. The Kier molecular flexibility index (Phi) is 24.5. The Morgan fingerprint density at radius 3 is 1.21 bits per heavy atom. The molecule has 0 saturated heterocycles. The van der Waals surface area contributed by atoms with Crippen LogP contribution in [0.1, 0.15) is 39.5 Å². The zero-order chi connectivity index (χ0) is 27.3. The third-order valence-electron chi connectivity index (χ3n) is 2.95. The van der Waals surface area contributed by atoms with Gasteiger partial charge in [-0.25, -0.2) is 0 Å². The Hall–Kier alpha value is -3.34. The fourth-order valence-electron chi connectivity index (χ4n) is 1.31. The first-order valence-corrected chi connectivity index (χ1v) is 9.25. The van der Waals surface area contributed by atoms with E-state index in [0.717, 1.165) is 0 Å². The molecule has 16 nitrogen and oxygen atoms in total. The van der Waals surface area contributed by atoms with Crippen LogP contribution in [0.5, 0.6) is 0 Å². The number of aliphatic carboxylic acids is 5. The lowest BCUT2D eigenvalue weighted by molar-refractivity contribution is -0.144. The Morgan fingerprint density at radius 2 is 1.06 bits per heavy atom. The number of carboxylic acid groups (broad SMARTS) is 5. The largest absolute Gasteiger partial charge is 0.481 e. The molecule has 0 aromatic rings. The Morgan fingerprint density at radius 1 is 0.697 bits per heavy atom. The summed E-state index contributed by atoms with van der Waals surface area (Å²) >= 11 is 0. The summed E-state index contributed by atoms with van der Waals surface area (Å²) in [6.45, 7) is 3.62. The van der Waals surface area contributed by atoms with Gasteiger partial charge in [-0.15, -0.1) is 0 Å². The van der Waals surface area contributed by atoms with Gasteiger partial charge in [0, 0.05) is 6.42 Å².